The van der Waals surface area contributed by atoms with E-state index in [0.29, 0.717) is 18.8 Å². The molecule has 116 valence electrons. The molecule has 0 atom stereocenters. The van der Waals surface area contributed by atoms with E-state index in [4.69, 9.17) is 5.11 Å². The first-order valence-electron chi connectivity index (χ1n) is 6.85. The van der Waals surface area contributed by atoms with Crippen molar-refractivity contribution in [2.24, 2.45) is 5.92 Å². The Labute approximate surface area is 123 Å². The van der Waals surface area contributed by atoms with Crippen LogP contribution in [0, 0.1) is 11.7 Å². The molecule has 1 aromatic carbocycles. The molecule has 0 unspecified atom stereocenters. The molecular formula is C14H18FNO4S. The highest BCUT2D eigenvalue weighted by molar-refractivity contribution is 7.89. The van der Waals surface area contributed by atoms with E-state index in [1.807, 2.05) is 0 Å². The summed E-state index contributed by atoms with van der Waals surface area (Å²) in [5.74, 6) is -1.67. The zero-order chi connectivity index (χ0) is 15.6. The maximum Gasteiger partial charge on any atom is 0.335 e. The van der Waals surface area contributed by atoms with E-state index in [-0.39, 0.29) is 11.6 Å². The summed E-state index contributed by atoms with van der Waals surface area (Å²) in [7, 11) is -4.05. The van der Waals surface area contributed by atoms with Gasteiger partial charge in [0.1, 0.15) is 10.7 Å². The lowest BCUT2D eigenvalue weighted by Gasteiger charge is -2.26. The number of sulfonamides is 1. The third kappa shape index (κ3) is 3.79. The number of benzene rings is 1. The maximum absolute atomic E-state index is 13.7. The molecule has 1 aliphatic carbocycles. The number of carboxylic acid groups (broad SMARTS) is 1. The lowest BCUT2D eigenvalue weighted by atomic mass is 9.88. The fourth-order valence-corrected chi connectivity index (χ4v) is 3.91. The average molecular weight is 315 g/mol. The van der Waals surface area contributed by atoms with Gasteiger partial charge in [-0.15, -0.1) is 0 Å². The fourth-order valence-electron chi connectivity index (χ4n) is 2.50. The molecule has 0 amide bonds. The SMILES string of the molecule is CC1CCC(NS(=O)(=O)c2cc(C(=O)O)ccc2F)CC1. The van der Waals surface area contributed by atoms with Crippen LogP contribution in [0.3, 0.4) is 0 Å². The van der Waals surface area contributed by atoms with E-state index < -0.39 is 26.7 Å². The monoisotopic (exact) mass is 315 g/mol. The Hall–Kier alpha value is -1.47. The van der Waals surface area contributed by atoms with Gasteiger partial charge in [0.05, 0.1) is 5.56 Å². The molecular weight excluding hydrogens is 297 g/mol. The minimum absolute atomic E-state index is 0.223. The molecule has 1 aromatic rings. The first-order valence-corrected chi connectivity index (χ1v) is 8.33. The second-order valence-corrected chi connectivity index (χ2v) is 7.21. The van der Waals surface area contributed by atoms with Crippen molar-refractivity contribution in [3.8, 4) is 0 Å². The number of carboxylic acids is 1. The minimum atomic E-state index is -4.05. The minimum Gasteiger partial charge on any atom is -0.478 e. The fraction of sp³-hybridized carbons (Fsp3) is 0.500. The Morgan fingerprint density at radius 1 is 1.29 bits per heavy atom. The number of rotatable bonds is 4. The average Bonchev–Trinajstić information content (AvgIpc) is 2.41. The van der Waals surface area contributed by atoms with Crippen molar-refractivity contribution in [1.29, 1.82) is 0 Å². The summed E-state index contributed by atoms with van der Waals surface area (Å²) in [6, 6.07) is 2.53. The van der Waals surface area contributed by atoms with Crippen molar-refractivity contribution in [1.82, 2.24) is 4.72 Å². The van der Waals surface area contributed by atoms with Crippen molar-refractivity contribution in [2.45, 2.75) is 43.5 Å². The van der Waals surface area contributed by atoms with Gasteiger partial charge in [-0.05, 0) is 49.8 Å². The molecule has 0 spiro atoms. The quantitative estimate of drug-likeness (QED) is 0.893. The predicted octanol–water partition coefficient (Wildman–Crippen LogP) is 2.38. The van der Waals surface area contributed by atoms with Crippen molar-refractivity contribution in [3.05, 3.63) is 29.6 Å². The molecule has 0 heterocycles. The maximum atomic E-state index is 13.7. The molecule has 7 heteroatoms. The Morgan fingerprint density at radius 2 is 1.90 bits per heavy atom. The van der Waals surface area contributed by atoms with Crippen LogP contribution in [0.25, 0.3) is 0 Å². The largest absolute Gasteiger partial charge is 0.478 e. The van der Waals surface area contributed by atoms with Crippen LogP contribution in [-0.4, -0.2) is 25.5 Å². The van der Waals surface area contributed by atoms with Crippen molar-refractivity contribution >= 4 is 16.0 Å². The summed E-state index contributed by atoms with van der Waals surface area (Å²) in [6.07, 6.45) is 3.26. The van der Waals surface area contributed by atoms with Gasteiger partial charge >= 0.3 is 5.97 Å². The summed E-state index contributed by atoms with van der Waals surface area (Å²) in [5, 5.41) is 8.88. The van der Waals surface area contributed by atoms with Crippen LogP contribution in [0.5, 0.6) is 0 Å². The van der Waals surface area contributed by atoms with Gasteiger partial charge in [0, 0.05) is 6.04 Å². The second kappa shape index (κ2) is 6.11. The number of aromatic carboxylic acids is 1. The Bertz CT molecular complexity index is 636. The van der Waals surface area contributed by atoms with Crippen LogP contribution < -0.4 is 4.72 Å². The van der Waals surface area contributed by atoms with Crippen LogP contribution >= 0.6 is 0 Å². The lowest BCUT2D eigenvalue weighted by Crippen LogP contribution is -2.37. The summed E-state index contributed by atoms with van der Waals surface area (Å²) in [4.78, 5) is 10.3. The normalized spacial score (nSPS) is 23.0. The number of hydrogen-bond acceptors (Lipinski definition) is 3. The standard InChI is InChI=1S/C14H18FNO4S/c1-9-2-5-11(6-3-9)16-21(19,20)13-8-10(14(17)18)4-7-12(13)15/h4,7-9,11,16H,2-3,5-6H2,1H3,(H,17,18). The van der Waals surface area contributed by atoms with Crippen LogP contribution in [0.1, 0.15) is 43.0 Å². The lowest BCUT2D eigenvalue weighted by molar-refractivity contribution is 0.0696. The molecule has 0 radical (unpaired) electrons. The molecule has 1 aliphatic rings. The van der Waals surface area contributed by atoms with E-state index in [2.05, 4.69) is 11.6 Å². The van der Waals surface area contributed by atoms with Gasteiger partial charge in [-0.2, -0.15) is 0 Å². The Balaban J connectivity index is 2.23. The molecule has 2 N–H and O–H groups in total. The zero-order valence-electron chi connectivity index (χ0n) is 11.7. The third-order valence-corrected chi connectivity index (χ3v) is 5.34. The van der Waals surface area contributed by atoms with Crippen LogP contribution in [0.4, 0.5) is 4.39 Å². The topological polar surface area (TPSA) is 83.5 Å². The molecule has 1 fully saturated rings. The summed E-state index contributed by atoms with van der Waals surface area (Å²) in [5.41, 5.74) is -0.256. The van der Waals surface area contributed by atoms with Crippen molar-refractivity contribution in [2.75, 3.05) is 0 Å². The van der Waals surface area contributed by atoms with Gasteiger partial charge in [0.2, 0.25) is 10.0 Å². The van der Waals surface area contributed by atoms with E-state index in [1.165, 1.54) is 0 Å². The van der Waals surface area contributed by atoms with E-state index in [1.54, 1.807) is 0 Å². The molecule has 5 nitrogen and oxygen atoms in total. The predicted molar refractivity (Wildman–Crippen MR) is 75.1 cm³/mol. The number of hydrogen-bond donors (Lipinski definition) is 2. The highest BCUT2D eigenvalue weighted by Crippen LogP contribution is 2.25. The molecule has 0 bridgehead atoms. The summed E-state index contributed by atoms with van der Waals surface area (Å²) < 4.78 is 40.7. The molecule has 2 rings (SSSR count). The van der Waals surface area contributed by atoms with Gasteiger partial charge in [0.15, 0.2) is 0 Å². The van der Waals surface area contributed by atoms with Crippen LogP contribution in [-0.2, 0) is 10.0 Å². The Kier molecular flexibility index (Phi) is 4.63. The smallest absolute Gasteiger partial charge is 0.335 e. The van der Waals surface area contributed by atoms with Gasteiger partial charge < -0.3 is 5.11 Å². The Morgan fingerprint density at radius 3 is 2.48 bits per heavy atom. The number of halogens is 1. The highest BCUT2D eigenvalue weighted by atomic mass is 32.2. The second-order valence-electron chi connectivity index (χ2n) is 5.53. The molecule has 21 heavy (non-hydrogen) atoms. The molecule has 0 aliphatic heterocycles. The van der Waals surface area contributed by atoms with Crippen molar-refractivity contribution in [3.63, 3.8) is 0 Å². The third-order valence-electron chi connectivity index (χ3n) is 3.81. The van der Waals surface area contributed by atoms with Gasteiger partial charge in [0.25, 0.3) is 0 Å². The van der Waals surface area contributed by atoms with Gasteiger partial charge in [-0.1, -0.05) is 6.92 Å². The first-order chi connectivity index (χ1) is 9.79. The van der Waals surface area contributed by atoms with Crippen LogP contribution in [0.15, 0.2) is 23.1 Å². The number of carbonyl (C=O) groups is 1. The van der Waals surface area contributed by atoms with Gasteiger partial charge in [-0.25, -0.2) is 22.3 Å². The summed E-state index contributed by atoms with van der Waals surface area (Å²) in [6.45, 7) is 2.11. The van der Waals surface area contributed by atoms with Gasteiger partial charge in [-0.3, -0.25) is 0 Å². The summed E-state index contributed by atoms with van der Waals surface area (Å²) >= 11 is 0. The molecule has 1 saturated carbocycles. The van der Waals surface area contributed by atoms with E-state index in [9.17, 15) is 17.6 Å². The van der Waals surface area contributed by atoms with E-state index >= 15 is 0 Å². The van der Waals surface area contributed by atoms with E-state index in [0.717, 1.165) is 31.0 Å². The van der Waals surface area contributed by atoms with Crippen LogP contribution in [0.2, 0.25) is 0 Å². The molecule has 0 saturated heterocycles. The highest BCUT2D eigenvalue weighted by Gasteiger charge is 2.26. The number of nitrogens with one attached hydrogen (secondary N) is 1. The molecule has 0 aromatic heterocycles. The zero-order valence-corrected chi connectivity index (χ0v) is 12.5. The first kappa shape index (κ1) is 15.9. The van der Waals surface area contributed by atoms with Crippen molar-refractivity contribution < 1.29 is 22.7 Å².